The van der Waals surface area contributed by atoms with Crippen LogP contribution >= 0.6 is 0 Å². The second-order valence-electron chi connectivity index (χ2n) is 6.34. The second kappa shape index (κ2) is 5.58. The molecule has 1 aliphatic carbocycles. The fourth-order valence-corrected chi connectivity index (χ4v) is 3.92. The molecule has 0 spiro atoms. The monoisotopic (exact) mass is 351 g/mol. The van der Waals surface area contributed by atoms with E-state index in [2.05, 4.69) is 5.32 Å². The molecule has 6 atom stereocenters. The summed E-state index contributed by atoms with van der Waals surface area (Å²) in [7, 11) is 1.17. The molecule has 1 amide bonds. The number of ether oxygens (including phenoxy) is 3. The van der Waals surface area contributed by atoms with Gasteiger partial charge in [-0.2, -0.15) is 0 Å². The van der Waals surface area contributed by atoms with E-state index in [9.17, 15) is 24.9 Å². The van der Waals surface area contributed by atoms with Crippen molar-refractivity contribution in [2.45, 2.75) is 30.3 Å². The molecule has 4 rings (SSSR count). The zero-order chi connectivity index (χ0) is 17.9. The molecule has 9 heteroatoms. The van der Waals surface area contributed by atoms with E-state index in [0.717, 1.165) is 0 Å². The molecular formula is C16H17NO8. The number of esters is 1. The maximum absolute atomic E-state index is 12.4. The van der Waals surface area contributed by atoms with Gasteiger partial charge in [0.15, 0.2) is 11.5 Å². The average molecular weight is 351 g/mol. The van der Waals surface area contributed by atoms with Gasteiger partial charge < -0.3 is 34.8 Å². The lowest BCUT2D eigenvalue weighted by molar-refractivity contribution is -0.170. The highest BCUT2D eigenvalue weighted by Gasteiger charge is 2.56. The van der Waals surface area contributed by atoms with Gasteiger partial charge in [-0.3, -0.25) is 9.59 Å². The molecule has 4 N–H and O–H groups in total. The normalized spacial score (nSPS) is 35.4. The molecule has 0 saturated heterocycles. The number of carbonyl (C=O) groups is 2. The minimum atomic E-state index is -1.60. The zero-order valence-electron chi connectivity index (χ0n) is 13.2. The van der Waals surface area contributed by atoms with Gasteiger partial charge in [-0.15, -0.1) is 0 Å². The van der Waals surface area contributed by atoms with E-state index in [0.29, 0.717) is 17.1 Å². The van der Waals surface area contributed by atoms with Gasteiger partial charge in [-0.05, 0) is 17.7 Å². The molecule has 0 aromatic heterocycles. The van der Waals surface area contributed by atoms with Crippen LogP contribution in [-0.2, 0) is 9.53 Å². The quantitative estimate of drug-likeness (QED) is 0.449. The smallest absolute Gasteiger partial charge is 0.312 e. The Labute approximate surface area is 142 Å². The van der Waals surface area contributed by atoms with Crippen LogP contribution in [-0.4, -0.2) is 65.5 Å². The highest BCUT2D eigenvalue weighted by molar-refractivity contribution is 5.99. The van der Waals surface area contributed by atoms with E-state index in [-0.39, 0.29) is 12.4 Å². The van der Waals surface area contributed by atoms with E-state index in [1.54, 1.807) is 6.07 Å². The number of fused-ring (bicyclic) bond motifs is 4. The number of amides is 1. The van der Waals surface area contributed by atoms with Gasteiger partial charge in [0.1, 0.15) is 12.2 Å². The summed E-state index contributed by atoms with van der Waals surface area (Å²) in [4.78, 5) is 24.7. The van der Waals surface area contributed by atoms with Gasteiger partial charge in [0.2, 0.25) is 6.79 Å². The van der Waals surface area contributed by atoms with Gasteiger partial charge in [-0.1, -0.05) is 0 Å². The molecule has 3 aliphatic rings. The molecule has 0 radical (unpaired) electrons. The molecule has 9 nitrogen and oxygen atoms in total. The summed E-state index contributed by atoms with van der Waals surface area (Å²) in [5, 5.41) is 33.4. The molecule has 1 aromatic rings. The van der Waals surface area contributed by atoms with Gasteiger partial charge in [0.25, 0.3) is 5.91 Å². The Kier molecular flexibility index (Phi) is 3.60. The summed E-state index contributed by atoms with van der Waals surface area (Å²) in [6, 6.07) is 2.12. The first-order chi connectivity index (χ1) is 11.9. The number of rotatable bonds is 1. The van der Waals surface area contributed by atoms with Gasteiger partial charge >= 0.3 is 5.97 Å². The third-order valence-electron chi connectivity index (χ3n) is 5.13. The summed E-state index contributed by atoms with van der Waals surface area (Å²) in [5.74, 6) is -2.35. The molecule has 25 heavy (non-hydrogen) atoms. The van der Waals surface area contributed by atoms with E-state index in [1.807, 2.05) is 0 Å². The highest BCUT2D eigenvalue weighted by Crippen LogP contribution is 2.46. The first kappa shape index (κ1) is 16.1. The first-order valence-corrected chi connectivity index (χ1v) is 7.80. The molecule has 2 aliphatic heterocycles. The van der Waals surface area contributed by atoms with Crippen molar-refractivity contribution in [2.75, 3.05) is 13.9 Å². The van der Waals surface area contributed by atoms with Crippen molar-refractivity contribution in [3.8, 4) is 11.5 Å². The number of hydrogen-bond donors (Lipinski definition) is 4. The predicted octanol–water partition coefficient (Wildman–Crippen LogP) is -1.50. The van der Waals surface area contributed by atoms with Crippen LogP contribution in [0, 0.1) is 5.92 Å². The predicted molar refractivity (Wildman–Crippen MR) is 80.1 cm³/mol. The minimum absolute atomic E-state index is 0.0122. The minimum Gasteiger partial charge on any atom is -0.469 e. The number of carbonyl (C=O) groups excluding carboxylic acids is 2. The van der Waals surface area contributed by atoms with Crippen molar-refractivity contribution in [1.82, 2.24) is 5.32 Å². The van der Waals surface area contributed by atoms with E-state index in [1.165, 1.54) is 13.2 Å². The standard InChI is InChI=1S/C16H17NO8/c1-23-16(22)10-9-5-2-7-8(25-4-24-7)3-6(5)15(21)17-11(9)13(19)14(20)12(10)18/h2-3,9-14,18-20H,4H2,1H3,(H,17,21)/t9-,10+,11+,12-,13-,14+/m0/s1. The molecular weight excluding hydrogens is 334 g/mol. The summed E-state index contributed by atoms with van der Waals surface area (Å²) in [6.45, 7) is 0.0122. The van der Waals surface area contributed by atoms with Gasteiger partial charge in [-0.25, -0.2) is 0 Å². The van der Waals surface area contributed by atoms with Crippen molar-refractivity contribution < 1.29 is 39.1 Å². The maximum atomic E-state index is 12.4. The van der Waals surface area contributed by atoms with Crippen LogP contribution in [0.25, 0.3) is 0 Å². The van der Waals surface area contributed by atoms with Crippen LogP contribution in [0.4, 0.5) is 0 Å². The topological polar surface area (TPSA) is 135 Å². The van der Waals surface area contributed by atoms with Gasteiger partial charge in [0.05, 0.1) is 25.2 Å². The third kappa shape index (κ3) is 2.20. The molecule has 134 valence electrons. The Balaban J connectivity index is 1.88. The lowest BCUT2D eigenvalue weighted by atomic mass is 9.65. The summed E-state index contributed by atoms with van der Waals surface area (Å²) < 4.78 is 15.4. The van der Waals surface area contributed by atoms with E-state index < -0.39 is 48.1 Å². The summed E-state index contributed by atoms with van der Waals surface area (Å²) in [5.41, 5.74) is 0.689. The lowest BCUT2D eigenvalue weighted by Gasteiger charge is -2.47. The molecule has 1 fully saturated rings. The Morgan fingerprint density at radius 1 is 1.16 bits per heavy atom. The number of nitrogens with one attached hydrogen (secondary N) is 1. The van der Waals surface area contributed by atoms with Crippen LogP contribution in [0.5, 0.6) is 11.5 Å². The molecule has 1 saturated carbocycles. The van der Waals surface area contributed by atoms with Crippen LogP contribution in [0.2, 0.25) is 0 Å². The second-order valence-corrected chi connectivity index (χ2v) is 6.34. The van der Waals surface area contributed by atoms with Crippen molar-refractivity contribution in [3.05, 3.63) is 23.3 Å². The summed E-state index contributed by atoms with van der Waals surface area (Å²) >= 11 is 0. The Morgan fingerprint density at radius 3 is 2.52 bits per heavy atom. The van der Waals surface area contributed by atoms with Crippen LogP contribution in [0.15, 0.2) is 12.1 Å². The number of hydrogen-bond acceptors (Lipinski definition) is 8. The summed E-state index contributed by atoms with van der Waals surface area (Å²) in [6.07, 6.45) is -4.58. The highest BCUT2D eigenvalue weighted by atomic mass is 16.7. The lowest BCUT2D eigenvalue weighted by Crippen LogP contribution is -2.66. The van der Waals surface area contributed by atoms with E-state index >= 15 is 0 Å². The number of aliphatic hydroxyl groups is 3. The Bertz CT molecular complexity index is 750. The Morgan fingerprint density at radius 2 is 1.84 bits per heavy atom. The fraction of sp³-hybridized carbons (Fsp3) is 0.500. The van der Waals surface area contributed by atoms with Crippen LogP contribution in [0.3, 0.4) is 0 Å². The molecule has 0 bridgehead atoms. The number of methoxy groups -OCH3 is 1. The molecule has 2 heterocycles. The number of aliphatic hydroxyl groups excluding tert-OH is 3. The van der Waals surface area contributed by atoms with Crippen molar-refractivity contribution in [3.63, 3.8) is 0 Å². The molecule has 1 aromatic carbocycles. The fourth-order valence-electron chi connectivity index (χ4n) is 3.92. The Hall–Kier alpha value is -2.36. The van der Waals surface area contributed by atoms with Gasteiger partial charge in [0, 0.05) is 11.5 Å². The maximum Gasteiger partial charge on any atom is 0.312 e. The number of benzene rings is 1. The third-order valence-corrected chi connectivity index (χ3v) is 5.13. The largest absolute Gasteiger partial charge is 0.469 e. The SMILES string of the molecule is COC(=O)[C@H]1[C@H](O)[C@@H](O)[C@@H](O)[C@@H]2NC(=O)c3cc4c(cc3[C@H]21)OCO4. The zero-order valence-corrected chi connectivity index (χ0v) is 13.2. The van der Waals surface area contributed by atoms with E-state index in [4.69, 9.17) is 14.2 Å². The average Bonchev–Trinajstić information content (AvgIpc) is 3.06. The van der Waals surface area contributed by atoms with Crippen molar-refractivity contribution in [2.24, 2.45) is 5.92 Å². The van der Waals surface area contributed by atoms with Crippen molar-refractivity contribution >= 4 is 11.9 Å². The van der Waals surface area contributed by atoms with Crippen LogP contribution in [0.1, 0.15) is 21.8 Å². The van der Waals surface area contributed by atoms with Crippen molar-refractivity contribution in [1.29, 1.82) is 0 Å². The van der Waals surface area contributed by atoms with Crippen LogP contribution < -0.4 is 14.8 Å². The molecule has 0 unspecified atom stereocenters. The first-order valence-electron chi connectivity index (χ1n) is 7.80.